The highest BCUT2D eigenvalue weighted by molar-refractivity contribution is 5.99. The van der Waals surface area contributed by atoms with E-state index in [1.807, 2.05) is 0 Å². The van der Waals surface area contributed by atoms with Crippen molar-refractivity contribution in [1.82, 2.24) is 9.80 Å². The summed E-state index contributed by atoms with van der Waals surface area (Å²) < 4.78 is 13.7. The summed E-state index contributed by atoms with van der Waals surface area (Å²) in [6, 6.07) is 6.79. The van der Waals surface area contributed by atoms with Crippen molar-refractivity contribution in [2.75, 3.05) is 32.7 Å². The SMILES string of the molecule is CCCC1C23C=C4CCC2(C(=CCC(C2CCCC2)N2CC5CC(CN(C5)C5=CCC(C)CC45)C2)OC3=O)C12OC(=O)c1c(CCCN)cccc12. The summed E-state index contributed by atoms with van der Waals surface area (Å²) in [5, 5.41) is 0. The second kappa shape index (κ2) is 12.3. The summed E-state index contributed by atoms with van der Waals surface area (Å²) in [4.78, 5) is 35.1. The van der Waals surface area contributed by atoms with Crippen molar-refractivity contribution in [3.05, 3.63) is 70.1 Å². The number of fused-ring (bicyclic) bond motifs is 2. The molecule has 3 saturated heterocycles. The minimum absolute atomic E-state index is 0.107. The van der Waals surface area contributed by atoms with Crippen molar-refractivity contribution in [2.24, 2.45) is 52.1 Å². The lowest BCUT2D eigenvalue weighted by Gasteiger charge is -2.69. The number of rotatable bonds is 6. The topological polar surface area (TPSA) is 85.1 Å². The summed E-state index contributed by atoms with van der Waals surface area (Å²) >= 11 is 0. The summed E-state index contributed by atoms with van der Waals surface area (Å²) in [6.07, 6.45) is 22.0. The van der Waals surface area contributed by atoms with Crippen LogP contribution in [0.4, 0.5) is 0 Å². The van der Waals surface area contributed by atoms with Gasteiger partial charge in [-0.25, -0.2) is 4.79 Å². The summed E-state index contributed by atoms with van der Waals surface area (Å²) in [5.74, 6) is 3.28. The fourth-order valence-corrected chi connectivity index (χ4v) is 14.1. The minimum atomic E-state index is -0.926. The average molecular weight is 706 g/mol. The zero-order chi connectivity index (χ0) is 35.4. The maximum absolute atomic E-state index is 15.1. The zero-order valence-electron chi connectivity index (χ0n) is 31.5. The number of esters is 2. The van der Waals surface area contributed by atoms with E-state index in [-0.39, 0.29) is 17.9 Å². The van der Waals surface area contributed by atoms with Crippen LogP contribution in [0.5, 0.6) is 0 Å². The molecule has 0 radical (unpaired) electrons. The molecule has 13 rings (SSSR count). The molecular weight excluding hydrogens is 647 g/mol. The molecule has 2 N–H and O–H groups in total. The lowest BCUT2D eigenvalue weighted by Crippen LogP contribution is -2.75. The molecule has 1 aromatic rings. The van der Waals surface area contributed by atoms with Gasteiger partial charge < -0.3 is 20.1 Å². The first-order valence-electron chi connectivity index (χ1n) is 21.2. The van der Waals surface area contributed by atoms with E-state index in [1.165, 1.54) is 56.5 Å². The second-order valence-corrected chi connectivity index (χ2v) is 18.6. The Balaban J connectivity index is 1.19. The van der Waals surface area contributed by atoms with Crippen molar-refractivity contribution in [1.29, 1.82) is 0 Å². The van der Waals surface area contributed by atoms with Crippen molar-refractivity contribution in [3.8, 4) is 0 Å². The fourth-order valence-electron chi connectivity index (χ4n) is 14.1. The van der Waals surface area contributed by atoms with Crippen molar-refractivity contribution in [3.63, 3.8) is 0 Å². The smallest absolute Gasteiger partial charge is 0.339 e. The number of hydrogen-bond acceptors (Lipinski definition) is 7. The monoisotopic (exact) mass is 705 g/mol. The van der Waals surface area contributed by atoms with Crippen LogP contribution in [-0.2, 0) is 26.3 Å². The van der Waals surface area contributed by atoms with Crippen molar-refractivity contribution >= 4 is 11.9 Å². The molecule has 7 heteroatoms. The molecule has 5 fully saturated rings. The number of carbonyl (C=O) groups excluding carboxylic acids is 2. The second-order valence-electron chi connectivity index (χ2n) is 18.6. The Morgan fingerprint density at radius 2 is 1.81 bits per heavy atom. The number of piperidine rings is 2. The van der Waals surface area contributed by atoms with Crippen LogP contribution < -0.4 is 5.73 Å². The Hall–Kier alpha value is -2.90. The highest BCUT2D eigenvalue weighted by Crippen LogP contribution is 2.84. The normalized spacial score (nSPS) is 41.7. The van der Waals surface area contributed by atoms with Crippen molar-refractivity contribution in [2.45, 2.75) is 115 Å². The van der Waals surface area contributed by atoms with E-state index in [2.05, 4.69) is 60.1 Å². The maximum atomic E-state index is 15.1. The Morgan fingerprint density at radius 1 is 1.00 bits per heavy atom. The predicted octanol–water partition coefficient (Wildman–Crippen LogP) is 7.65. The molecule has 52 heavy (non-hydrogen) atoms. The third-order valence-electron chi connectivity index (χ3n) is 15.9. The van der Waals surface area contributed by atoms with Crippen molar-refractivity contribution < 1.29 is 19.1 Å². The quantitative estimate of drug-likeness (QED) is 0.241. The molecule has 278 valence electrons. The minimum Gasteiger partial charge on any atom is -0.449 e. The molecular formula is C45H59N3O4. The summed E-state index contributed by atoms with van der Waals surface area (Å²) in [6.45, 7) is 9.85. The van der Waals surface area contributed by atoms with Gasteiger partial charge in [0.1, 0.15) is 11.2 Å². The molecule has 7 nitrogen and oxygen atoms in total. The standard InChI is InChI=1S/C45H59N3O4/c1-3-8-38-43-23-33-18-19-44(43,45(38)35-13-6-11-32(12-7-20-46)40(35)41(49)52-45)39(51-42(43)50)17-16-36(31-9-4-5-10-31)47-24-29-22-30(25-47)27-48(26-29)37-15-14-28(2)21-34(33)37/h6,11,13,15,17,23,28-31,34,36,38H,3-5,7-10,12,14,16,18-22,24-27,46H2,1-2H3. The highest BCUT2D eigenvalue weighted by Gasteiger charge is 2.91. The zero-order valence-corrected chi connectivity index (χ0v) is 31.5. The molecule has 8 bridgehead atoms. The number of aryl methyl sites for hydroxylation is 1. The Kier molecular flexibility index (Phi) is 7.97. The first kappa shape index (κ1) is 33.7. The number of ether oxygens (including phenoxy) is 2. The van der Waals surface area contributed by atoms with Crippen LogP contribution >= 0.6 is 0 Å². The predicted molar refractivity (Wildman–Crippen MR) is 201 cm³/mol. The number of benzene rings is 1. The first-order chi connectivity index (χ1) is 25.3. The summed E-state index contributed by atoms with van der Waals surface area (Å²) in [7, 11) is 0. The molecule has 8 heterocycles. The van der Waals surface area contributed by atoms with Gasteiger partial charge in [0.2, 0.25) is 0 Å². The largest absolute Gasteiger partial charge is 0.449 e. The number of carbonyl (C=O) groups is 2. The molecule has 9 atom stereocenters. The number of hydrogen-bond donors (Lipinski definition) is 1. The van der Waals surface area contributed by atoms with E-state index in [0.29, 0.717) is 42.2 Å². The molecule has 2 saturated carbocycles. The van der Waals surface area contributed by atoms with Gasteiger partial charge in [0, 0.05) is 55.3 Å². The number of nitrogens with zero attached hydrogens (tertiary/aromatic N) is 2. The van der Waals surface area contributed by atoms with E-state index in [0.717, 1.165) is 93.3 Å². The molecule has 0 aromatic heterocycles. The Morgan fingerprint density at radius 3 is 2.58 bits per heavy atom. The number of nitrogens with two attached hydrogens (primary N) is 1. The Labute approximate surface area is 310 Å². The molecule has 2 spiro atoms. The third-order valence-corrected chi connectivity index (χ3v) is 15.9. The molecule has 8 aliphatic heterocycles. The van der Waals surface area contributed by atoms with E-state index in [4.69, 9.17) is 15.2 Å². The van der Waals surface area contributed by atoms with Crippen LogP contribution in [0.1, 0.15) is 119 Å². The molecule has 1 aromatic carbocycles. The van der Waals surface area contributed by atoms with Crippen LogP contribution in [0.15, 0.2) is 53.5 Å². The van der Waals surface area contributed by atoms with Crippen LogP contribution in [-0.4, -0.2) is 60.5 Å². The maximum Gasteiger partial charge on any atom is 0.339 e. The van der Waals surface area contributed by atoms with Crippen LogP contribution in [0.25, 0.3) is 0 Å². The van der Waals surface area contributed by atoms with E-state index in [1.54, 1.807) is 0 Å². The van der Waals surface area contributed by atoms with E-state index in [9.17, 15) is 4.79 Å². The molecule has 12 aliphatic rings. The van der Waals surface area contributed by atoms with E-state index < -0.39 is 16.4 Å². The van der Waals surface area contributed by atoms with Gasteiger partial charge >= 0.3 is 11.9 Å². The first-order valence-corrected chi connectivity index (χ1v) is 21.2. The van der Waals surface area contributed by atoms with Crippen LogP contribution in [0.2, 0.25) is 0 Å². The fraction of sp³-hybridized carbons (Fsp3) is 0.689. The van der Waals surface area contributed by atoms with Gasteiger partial charge in [-0.1, -0.05) is 69.0 Å². The van der Waals surface area contributed by atoms with Gasteiger partial charge in [0.25, 0.3) is 0 Å². The van der Waals surface area contributed by atoms with Gasteiger partial charge in [-0.3, -0.25) is 9.69 Å². The third kappa shape index (κ3) is 4.38. The van der Waals surface area contributed by atoms with Gasteiger partial charge in [-0.05, 0) is 112 Å². The molecule has 4 aliphatic carbocycles. The van der Waals surface area contributed by atoms with Gasteiger partial charge in [-0.15, -0.1) is 0 Å². The molecule has 0 amide bonds. The van der Waals surface area contributed by atoms with Gasteiger partial charge in [0.05, 0.1) is 11.0 Å². The average Bonchev–Trinajstić information content (AvgIpc) is 3.84. The van der Waals surface area contributed by atoms with Gasteiger partial charge in [-0.2, -0.15) is 0 Å². The van der Waals surface area contributed by atoms with Crippen LogP contribution in [0.3, 0.4) is 0 Å². The van der Waals surface area contributed by atoms with Gasteiger partial charge in [0.15, 0.2) is 5.60 Å². The Bertz CT molecular complexity index is 1740. The van der Waals surface area contributed by atoms with E-state index >= 15 is 4.79 Å². The highest BCUT2D eigenvalue weighted by atomic mass is 16.6. The number of allylic oxidation sites excluding steroid dienone is 2. The van der Waals surface area contributed by atoms with Crippen LogP contribution in [0, 0.1) is 46.3 Å². The summed E-state index contributed by atoms with van der Waals surface area (Å²) in [5.41, 5.74) is 9.16. The molecule has 9 unspecified atom stereocenters. The lowest BCUT2D eigenvalue weighted by molar-refractivity contribution is -0.271. The lowest BCUT2D eigenvalue weighted by atomic mass is 9.31.